The van der Waals surface area contributed by atoms with E-state index in [9.17, 15) is 0 Å². The van der Waals surface area contributed by atoms with Crippen molar-refractivity contribution in [3.63, 3.8) is 0 Å². The molecule has 2 aromatic carbocycles. The Labute approximate surface area is 154 Å². The van der Waals surface area contributed by atoms with Crippen LogP contribution < -0.4 is 10.1 Å². The number of fused-ring (bicyclic) bond motifs is 1. The fourth-order valence-electron chi connectivity index (χ4n) is 2.99. The molecule has 0 fully saturated rings. The van der Waals surface area contributed by atoms with Gasteiger partial charge in [0.2, 0.25) is 0 Å². The van der Waals surface area contributed by atoms with Gasteiger partial charge in [-0.05, 0) is 43.0 Å². The molecule has 25 heavy (non-hydrogen) atoms. The summed E-state index contributed by atoms with van der Waals surface area (Å²) in [6.07, 6.45) is 2.46. The van der Waals surface area contributed by atoms with Gasteiger partial charge in [0.05, 0.1) is 0 Å². The highest BCUT2D eigenvalue weighted by molar-refractivity contribution is 7.17. The summed E-state index contributed by atoms with van der Waals surface area (Å²) in [7, 11) is 0. The van der Waals surface area contributed by atoms with Crippen LogP contribution in [0.1, 0.15) is 32.3 Å². The molecule has 2 nitrogen and oxygen atoms in total. The van der Waals surface area contributed by atoms with Gasteiger partial charge in [-0.1, -0.05) is 56.3 Å². The van der Waals surface area contributed by atoms with Gasteiger partial charge in [-0.25, -0.2) is 0 Å². The lowest BCUT2D eigenvalue weighted by atomic mass is 10.0. The Bertz CT molecular complexity index is 766. The first-order chi connectivity index (χ1) is 12.2. The second-order valence-electron chi connectivity index (χ2n) is 6.80. The molecule has 0 saturated heterocycles. The maximum Gasteiger partial charge on any atom is 0.138 e. The topological polar surface area (TPSA) is 21.3 Å². The largest absolute Gasteiger partial charge is 0.489 e. The third-order valence-corrected chi connectivity index (χ3v) is 5.42. The highest BCUT2D eigenvalue weighted by atomic mass is 32.1. The lowest BCUT2D eigenvalue weighted by molar-refractivity contribution is 0.142. The number of rotatable bonds is 9. The Kier molecular flexibility index (Phi) is 6.48. The maximum atomic E-state index is 6.38. The first-order valence-electron chi connectivity index (χ1n) is 9.11. The van der Waals surface area contributed by atoms with Gasteiger partial charge < -0.3 is 10.1 Å². The zero-order valence-electron chi connectivity index (χ0n) is 15.1. The summed E-state index contributed by atoms with van der Waals surface area (Å²) < 4.78 is 7.67. The van der Waals surface area contributed by atoms with Gasteiger partial charge >= 0.3 is 0 Å². The molecule has 0 aliphatic rings. The average Bonchev–Trinajstić information content (AvgIpc) is 3.04. The molecule has 0 bridgehead atoms. The van der Waals surface area contributed by atoms with Crippen molar-refractivity contribution in [1.29, 1.82) is 0 Å². The highest BCUT2D eigenvalue weighted by Gasteiger charge is 2.17. The standard InChI is InChI=1S/C22H27NOS/c1-17(2)20(12-8-14-23-15-18-9-4-3-5-10-18)24-21-16-25-22-13-7-6-11-19(21)22/h3-7,9-11,13,16-17,20,23H,8,12,14-15H2,1-2H3. The van der Waals surface area contributed by atoms with Crippen molar-refractivity contribution in [2.75, 3.05) is 6.54 Å². The SMILES string of the molecule is CC(C)C(CCCNCc1ccccc1)Oc1csc2ccccc12. The number of ether oxygens (including phenoxy) is 1. The summed E-state index contributed by atoms with van der Waals surface area (Å²) >= 11 is 1.76. The van der Waals surface area contributed by atoms with E-state index in [-0.39, 0.29) is 6.10 Å². The minimum atomic E-state index is 0.261. The van der Waals surface area contributed by atoms with E-state index in [1.807, 2.05) is 0 Å². The van der Waals surface area contributed by atoms with E-state index in [1.54, 1.807) is 11.3 Å². The molecule has 1 atom stereocenters. The fourth-order valence-corrected chi connectivity index (χ4v) is 3.86. The molecule has 1 heterocycles. The van der Waals surface area contributed by atoms with Crippen molar-refractivity contribution in [2.45, 2.75) is 39.3 Å². The smallest absolute Gasteiger partial charge is 0.138 e. The molecular formula is C22H27NOS. The van der Waals surface area contributed by atoms with E-state index in [1.165, 1.54) is 15.6 Å². The van der Waals surface area contributed by atoms with Crippen molar-refractivity contribution < 1.29 is 4.74 Å². The van der Waals surface area contributed by atoms with Gasteiger partial charge in [-0.2, -0.15) is 0 Å². The minimum Gasteiger partial charge on any atom is -0.489 e. The van der Waals surface area contributed by atoms with E-state index in [2.05, 4.69) is 79.1 Å². The molecule has 3 aromatic rings. The lowest BCUT2D eigenvalue weighted by Gasteiger charge is -2.22. The van der Waals surface area contributed by atoms with Gasteiger partial charge in [0.25, 0.3) is 0 Å². The Hall–Kier alpha value is -1.84. The second-order valence-corrected chi connectivity index (χ2v) is 7.71. The molecule has 1 N–H and O–H groups in total. The van der Waals surface area contributed by atoms with Crippen molar-refractivity contribution in [3.05, 3.63) is 65.5 Å². The second kappa shape index (κ2) is 9.02. The molecule has 3 heteroatoms. The fraction of sp³-hybridized carbons (Fsp3) is 0.364. The molecule has 1 unspecified atom stereocenters. The highest BCUT2D eigenvalue weighted by Crippen LogP contribution is 2.33. The van der Waals surface area contributed by atoms with Crippen molar-refractivity contribution in [3.8, 4) is 5.75 Å². The van der Waals surface area contributed by atoms with Gasteiger partial charge in [0.15, 0.2) is 0 Å². The van der Waals surface area contributed by atoms with Gasteiger partial charge in [0.1, 0.15) is 11.9 Å². The molecule has 0 spiro atoms. The van der Waals surface area contributed by atoms with Crippen molar-refractivity contribution in [2.24, 2.45) is 5.92 Å². The van der Waals surface area contributed by atoms with Crippen molar-refractivity contribution >= 4 is 21.4 Å². The number of hydrogen-bond donors (Lipinski definition) is 1. The van der Waals surface area contributed by atoms with Gasteiger partial charge in [-0.15, -0.1) is 11.3 Å². The predicted octanol–water partition coefficient (Wildman–Crippen LogP) is 5.87. The molecule has 132 valence electrons. The molecule has 0 radical (unpaired) electrons. The van der Waals surface area contributed by atoms with E-state index >= 15 is 0 Å². The van der Waals surface area contributed by atoms with Crippen LogP contribution in [-0.4, -0.2) is 12.6 Å². The van der Waals surface area contributed by atoms with E-state index < -0.39 is 0 Å². The van der Waals surface area contributed by atoms with Crippen LogP contribution in [0.5, 0.6) is 5.75 Å². The Morgan fingerprint density at radius 3 is 2.56 bits per heavy atom. The quantitative estimate of drug-likeness (QED) is 0.485. The van der Waals surface area contributed by atoms with Crippen molar-refractivity contribution in [1.82, 2.24) is 5.32 Å². The normalized spacial score (nSPS) is 12.6. The van der Waals surface area contributed by atoms with E-state index in [4.69, 9.17) is 4.74 Å². The molecular weight excluding hydrogens is 326 g/mol. The maximum absolute atomic E-state index is 6.38. The Balaban J connectivity index is 1.48. The summed E-state index contributed by atoms with van der Waals surface area (Å²) in [5, 5.41) is 6.91. The summed E-state index contributed by atoms with van der Waals surface area (Å²) in [6.45, 7) is 6.45. The molecule has 0 amide bonds. The van der Waals surface area contributed by atoms with Crippen LogP contribution in [0.4, 0.5) is 0 Å². The van der Waals surface area contributed by atoms with Crippen LogP contribution in [0.15, 0.2) is 60.0 Å². The minimum absolute atomic E-state index is 0.261. The zero-order valence-corrected chi connectivity index (χ0v) is 15.9. The van der Waals surface area contributed by atoms with Crippen LogP contribution in [-0.2, 0) is 6.54 Å². The third-order valence-electron chi connectivity index (χ3n) is 4.48. The number of benzene rings is 2. The third kappa shape index (κ3) is 5.07. The van der Waals surface area contributed by atoms with Crippen LogP contribution in [0.2, 0.25) is 0 Å². The first-order valence-corrected chi connectivity index (χ1v) is 9.99. The zero-order chi connectivity index (χ0) is 17.5. The first kappa shape index (κ1) is 18.0. The number of nitrogens with one attached hydrogen (secondary N) is 1. The summed E-state index contributed by atoms with van der Waals surface area (Å²) in [5.74, 6) is 1.55. The van der Waals surface area contributed by atoms with Crippen LogP contribution in [0.3, 0.4) is 0 Å². The van der Waals surface area contributed by atoms with Gasteiger partial charge in [-0.3, -0.25) is 0 Å². The summed E-state index contributed by atoms with van der Waals surface area (Å²) in [5.41, 5.74) is 1.34. The lowest BCUT2D eigenvalue weighted by Crippen LogP contribution is -2.25. The molecule has 0 aliphatic heterocycles. The molecule has 0 aliphatic carbocycles. The van der Waals surface area contributed by atoms with Crippen LogP contribution in [0.25, 0.3) is 10.1 Å². The van der Waals surface area contributed by atoms with Gasteiger partial charge in [0, 0.05) is 22.0 Å². The van der Waals surface area contributed by atoms with Crippen LogP contribution in [0, 0.1) is 5.92 Å². The summed E-state index contributed by atoms with van der Waals surface area (Å²) in [6, 6.07) is 19.0. The van der Waals surface area contributed by atoms with E-state index in [0.29, 0.717) is 5.92 Å². The predicted molar refractivity (Wildman–Crippen MR) is 108 cm³/mol. The number of thiophene rings is 1. The molecule has 1 aromatic heterocycles. The van der Waals surface area contributed by atoms with E-state index in [0.717, 1.165) is 31.7 Å². The number of hydrogen-bond acceptors (Lipinski definition) is 3. The molecule has 0 saturated carbocycles. The Morgan fingerprint density at radius 1 is 1.00 bits per heavy atom. The van der Waals surface area contributed by atoms with Crippen LogP contribution >= 0.6 is 11.3 Å². The molecule has 3 rings (SSSR count). The monoisotopic (exact) mass is 353 g/mol. The summed E-state index contributed by atoms with van der Waals surface area (Å²) in [4.78, 5) is 0. The average molecular weight is 354 g/mol. The Morgan fingerprint density at radius 2 is 1.76 bits per heavy atom.